The lowest BCUT2D eigenvalue weighted by atomic mass is 10.2. The van der Waals surface area contributed by atoms with Gasteiger partial charge in [-0.15, -0.1) is 11.8 Å². The number of ether oxygens (including phenoxy) is 1. The molecule has 0 atom stereocenters. The number of thioether (sulfide) groups is 1. The molecule has 4 heteroatoms. The van der Waals surface area contributed by atoms with E-state index in [0.717, 1.165) is 16.4 Å². The summed E-state index contributed by atoms with van der Waals surface area (Å²) in [6.07, 6.45) is 2.08. The molecule has 0 aliphatic rings. The predicted molar refractivity (Wildman–Crippen MR) is 64.6 cm³/mol. The zero-order valence-electron chi connectivity index (χ0n) is 10.2. The number of hydrogen-bond donors (Lipinski definition) is 0. The molecule has 0 radical (unpaired) electrons. The maximum atomic E-state index is 11.4. The fraction of sp³-hybridized carbons (Fsp3) is 0.583. The molecule has 1 heterocycles. The minimum atomic E-state index is -0.396. The van der Waals surface area contributed by atoms with Crippen molar-refractivity contribution in [2.24, 2.45) is 0 Å². The van der Waals surface area contributed by atoms with Gasteiger partial charge in [0.25, 0.3) is 0 Å². The standard InChI is InChI=1S/C12H18O3S/c1-9-10(5-7-14-9)16-8-6-11(13)15-12(2,3)4/h5,7H,6,8H2,1-4H3. The van der Waals surface area contributed by atoms with Gasteiger partial charge in [-0.3, -0.25) is 4.79 Å². The van der Waals surface area contributed by atoms with Gasteiger partial charge in [-0.1, -0.05) is 0 Å². The average molecular weight is 242 g/mol. The number of rotatable bonds is 4. The van der Waals surface area contributed by atoms with Gasteiger partial charge in [-0.05, 0) is 33.8 Å². The average Bonchev–Trinajstić information content (AvgIpc) is 2.48. The van der Waals surface area contributed by atoms with Crippen LogP contribution in [0.15, 0.2) is 21.6 Å². The molecule has 1 aromatic heterocycles. The Balaban J connectivity index is 2.26. The van der Waals surface area contributed by atoms with Gasteiger partial charge in [0, 0.05) is 10.6 Å². The van der Waals surface area contributed by atoms with Gasteiger partial charge in [-0.2, -0.15) is 0 Å². The largest absolute Gasteiger partial charge is 0.468 e. The highest BCUT2D eigenvalue weighted by Gasteiger charge is 2.15. The van der Waals surface area contributed by atoms with Crippen molar-refractivity contribution in [3.05, 3.63) is 18.1 Å². The van der Waals surface area contributed by atoms with E-state index in [2.05, 4.69) is 0 Å². The van der Waals surface area contributed by atoms with E-state index in [9.17, 15) is 4.79 Å². The fourth-order valence-corrected chi connectivity index (χ4v) is 2.05. The molecule has 0 aliphatic heterocycles. The molecule has 0 aromatic carbocycles. The summed E-state index contributed by atoms with van der Waals surface area (Å²) in [5.41, 5.74) is -0.396. The van der Waals surface area contributed by atoms with E-state index < -0.39 is 5.60 Å². The van der Waals surface area contributed by atoms with Crippen LogP contribution in [-0.2, 0) is 9.53 Å². The van der Waals surface area contributed by atoms with Gasteiger partial charge < -0.3 is 9.15 Å². The number of esters is 1. The quantitative estimate of drug-likeness (QED) is 0.599. The summed E-state index contributed by atoms with van der Waals surface area (Å²) in [5, 5.41) is 0. The predicted octanol–water partition coefficient (Wildman–Crippen LogP) is 3.41. The fourth-order valence-electron chi connectivity index (χ4n) is 1.16. The van der Waals surface area contributed by atoms with Crippen LogP contribution in [0.2, 0.25) is 0 Å². The summed E-state index contributed by atoms with van der Waals surface area (Å²) in [6, 6.07) is 1.91. The summed E-state index contributed by atoms with van der Waals surface area (Å²) in [7, 11) is 0. The van der Waals surface area contributed by atoms with Crippen LogP contribution in [0, 0.1) is 6.92 Å². The first-order valence-corrected chi connectivity index (χ1v) is 6.26. The molecule has 0 fully saturated rings. The Morgan fingerprint density at radius 3 is 2.69 bits per heavy atom. The number of hydrogen-bond acceptors (Lipinski definition) is 4. The van der Waals surface area contributed by atoms with Crippen LogP contribution < -0.4 is 0 Å². The molecular weight excluding hydrogens is 224 g/mol. The lowest BCUT2D eigenvalue weighted by Crippen LogP contribution is -2.23. The smallest absolute Gasteiger partial charge is 0.307 e. The highest BCUT2D eigenvalue weighted by atomic mass is 32.2. The molecular formula is C12H18O3S. The van der Waals surface area contributed by atoms with Gasteiger partial charge in [-0.25, -0.2) is 0 Å². The zero-order valence-corrected chi connectivity index (χ0v) is 11.0. The molecule has 16 heavy (non-hydrogen) atoms. The monoisotopic (exact) mass is 242 g/mol. The summed E-state index contributed by atoms with van der Waals surface area (Å²) < 4.78 is 10.4. The Morgan fingerprint density at radius 2 is 2.19 bits per heavy atom. The van der Waals surface area contributed by atoms with Crippen molar-refractivity contribution in [3.63, 3.8) is 0 Å². The Labute approximate surface area is 101 Å². The van der Waals surface area contributed by atoms with Gasteiger partial charge in [0.1, 0.15) is 11.4 Å². The van der Waals surface area contributed by atoms with Crippen LogP contribution in [-0.4, -0.2) is 17.3 Å². The third-order valence-corrected chi connectivity index (χ3v) is 2.94. The van der Waals surface area contributed by atoms with Crippen molar-refractivity contribution >= 4 is 17.7 Å². The second kappa shape index (κ2) is 5.43. The lowest BCUT2D eigenvalue weighted by Gasteiger charge is -2.19. The van der Waals surface area contributed by atoms with Crippen LogP contribution in [0.3, 0.4) is 0 Å². The topological polar surface area (TPSA) is 39.4 Å². The van der Waals surface area contributed by atoms with Crippen molar-refractivity contribution in [2.75, 3.05) is 5.75 Å². The molecule has 0 unspecified atom stereocenters. The van der Waals surface area contributed by atoms with Crippen LogP contribution in [0.5, 0.6) is 0 Å². The SMILES string of the molecule is Cc1occc1SCCC(=O)OC(C)(C)C. The highest BCUT2D eigenvalue weighted by molar-refractivity contribution is 7.99. The molecule has 1 aromatic rings. The lowest BCUT2D eigenvalue weighted by molar-refractivity contribution is -0.154. The first-order chi connectivity index (χ1) is 7.38. The van der Waals surface area contributed by atoms with Gasteiger partial charge in [0.05, 0.1) is 12.7 Å². The molecule has 1 rings (SSSR count). The van der Waals surface area contributed by atoms with E-state index in [4.69, 9.17) is 9.15 Å². The number of furan rings is 1. The highest BCUT2D eigenvalue weighted by Crippen LogP contribution is 2.23. The Morgan fingerprint density at radius 1 is 1.50 bits per heavy atom. The number of aryl methyl sites for hydroxylation is 1. The molecule has 0 spiro atoms. The van der Waals surface area contributed by atoms with E-state index in [1.807, 2.05) is 33.8 Å². The van der Waals surface area contributed by atoms with Gasteiger partial charge in [0.2, 0.25) is 0 Å². The maximum absolute atomic E-state index is 11.4. The van der Waals surface area contributed by atoms with Crippen LogP contribution >= 0.6 is 11.8 Å². The zero-order chi connectivity index (χ0) is 12.2. The Bertz CT molecular complexity index is 349. The van der Waals surface area contributed by atoms with Crippen molar-refractivity contribution in [2.45, 2.75) is 44.6 Å². The van der Waals surface area contributed by atoms with Crippen molar-refractivity contribution in [1.29, 1.82) is 0 Å². The molecule has 0 aliphatic carbocycles. The van der Waals surface area contributed by atoms with Crippen LogP contribution in [0.1, 0.15) is 33.0 Å². The third kappa shape index (κ3) is 4.75. The Kier molecular flexibility index (Phi) is 4.47. The maximum Gasteiger partial charge on any atom is 0.307 e. The third-order valence-electron chi connectivity index (χ3n) is 1.79. The number of carbonyl (C=O) groups is 1. The summed E-state index contributed by atoms with van der Waals surface area (Å²) >= 11 is 1.61. The molecule has 0 saturated heterocycles. The van der Waals surface area contributed by atoms with Gasteiger partial charge >= 0.3 is 5.97 Å². The van der Waals surface area contributed by atoms with E-state index in [-0.39, 0.29) is 5.97 Å². The first-order valence-electron chi connectivity index (χ1n) is 5.27. The van der Waals surface area contributed by atoms with Crippen LogP contribution in [0.4, 0.5) is 0 Å². The summed E-state index contributed by atoms with van der Waals surface area (Å²) in [5.74, 6) is 1.46. The van der Waals surface area contributed by atoms with E-state index in [1.165, 1.54) is 0 Å². The normalized spacial score (nSPS) is 11.5. The van der Waals surface area contributed by atoms with Crippen molar-refractivity contribution in [1.82, 2.24) is 0 Å². The van der Waals surface area contributed by atoms with Crippen LogP contribution in [0.25, 0.3) is 0 Å². The van der Waals surface area contributed by atoms with E-state index in [0.29, 0.717) is 6.42 Å². The molecule has 0 bridgehead atoms. The van der Waals surface area contributed by atoms with Crippen molar-refractivity contribution < 1.29 is 13.9 Å². The number of carbonyl (C=O) groups excluding carboxylic acids is 1. The summed E-state index contributed by atoms with van der Waals surface area (Å²) in [6.45, 7) is 7.53. The molecule has 90 valence electrons. The molecule has 0 N–H and O–H groups in total. The van der Waals surface area contributed by atoms with Gasteiger partial charge in [0.15, 0.2) is 0 Å². The van der Waals surface area contributed by atoms with E-state index in [1.54, 1.807) is 18.0 Å². The second-order valence-corrected chi connectivity index (χ2v) is 5.66. The molecule has 0 saturated carbocycles. The van der Waals surface area contributed by atoms with Crippen molar-refractivity contribution in [3.8, 4) is 0 Å². The minimum absolute atomic E-state index is 0.152. The molecule has 0 amide bonds. The second-order valence-electron chi connectivity index (χ2n) is 4.53. The van der Waals surface area contributed by atoms with E-state index >= 15 is 0 Å². The Hall–Kier alpha value is -0.900. The minimum Gasteiger partial charge on any atom is -0.468 e. The summed E-state index contributed by atoms with van der Waals surface area (Å²) in [4.78, 5) is 12.5. The first kappa shape index (κ1) is 13.2. The molecule has 3 nitrogen and oxygen atoms in total.